The van der Waals surface area contributed by atoms with Crippen LogP contribution < -0.4 is 5.46 Å². The van der Waals surface area contributed by atoms with E-state index in [9.17, 15) is 8.78 Å². The monoisotopic (exact) mass is 319 g/mol. The average molecular weight is 320 g/mol. The minimum absolute atomic E-state index is 0.0851. The van der Waals surface area contributed by atoms with Gasteiger partial charge in [0, 0.05) is 11.7 Å². The standard InChI is InChI=1S/C11H13BBrF2NO2/c1-10(2)11(3,4)18-12(17-10)6-5-16-9(15)7(13)8(6)14/h5H,1-4H3. The van der Waals surface area contributed by atoms with Gasteiger partial charge in [0.05, 0.1) is 11.2 Å². The molecule has 1 aliphatic heterocycles. The van der Waals surface area contributed by atoms with Crippen LogP contribution >= 0.6 is 15.9 Å². The highest BCUT2D eigenvalue weighted by Gasteiger charge is 2.52. The number of hydrogen-bond acceptors (Lipinski definition) is 3. The van der Waals surface area contributed by atoms with Crippen molar-refractivity contribution in [3.8, 4) is 0 Å². The van der Waals surface area contributed by atoms with Crippen LogP contribution in [-0.4, -0.2) is 23.3 Å². The smallest absolute Gasteiger partial charge is 0.399 e. The van der Waals surface area contributed by atoms with Gasteiger partial charge in [0.2, 0.25) is 5.95 Å². The van der Waals surface area contributed by atoms with Gasteiger partial charge >= 0.3 is 7.12 Å². The summed E-state index contributed by atoms with van der Waals surface area (Å²) >= 11 is 2.81. The molecule has 98 valence electrons. The molecule has 18 heavy (non-hydrogen) atoms. The SMILES string of the molecule is CC1(C)OB(c2cnc(F)c(Br)c2F)OC1(C)C. The third-order valence-electron chi connectivity index (χ3n) is 3.45. The van der Waals surface area contributed by atoms with Crippen molar-refractivity contribution in [1.82, 2.24) is 4.98 Å². The van der Waals surface area contributed by atoms with Crippen LogP contribution in [0.4, 0.5) is 8.78 Å². The largest absolute Gasteiger partial charge is 0.499 e. The Labute approximate surface area is 113 Å². The molecule has 0 aliphatic carbocycles. The van der Waals surface area contributed by atoms with E-state index in [0.29, 0.717) is 0 Å². The third-order valence-corrected chi connectivity index (χ3v) is 4.13. The van der Waals surface area contributed by atoms with E-state index in [1.54, 1.807) is 0 Å². The van der Waals surface area contributed by atoms with Crippen molar-refractivity contribution in [1.29, 1.82) is 0 Å². The first-order valence-corrected chi connectivity index (χ1v) is 6.30. The van der Waals surface area contributed by atoms with Gasteiger partial charge in [0.1, 0.15) is 10.3 Å². The Morgan fingerprint density at radius 2 is 1.67 bits per heavy atom. The van der Waals surface area contributed by atoms with E-state index in [1.165, 1.54) is 0 Å². The van der Waals surface area contributed by atoms with Gasteiger partial charge in [0.25, 0.3) is 0 Å². The Hall–Kier alpha value is -0.525. The van der Waals surface area contributed by atoms with Crippen LogP contribution in [0.2, 0.25) is 0 Å². The predicted octanol–water partition coefficient (Wildman–Crippen LogP) is 2.42. The fourth-order valence-electron chi connectivity index (χ4n) is 1.59. The molecule has 1 aliphatic rings. The average Bonchev–Trinajstić information content (AvgIpc) is 2.45. The van der Waals surface area contributed by atoms with E-state index in [2.05, 4.69) is 20.9 Å². The number of aromatic nitrogens is 1. The fraction of sp³-hybridized carbons (Fsp3) is 0.545. The molecule has 0 aromatic carbocycles. The van der Waals surface area contributed by atoms with Crippen molar-refractivity contribution in [2.75, 3.05) is 0 Å². The number of nitrogens with zero attached hydrogens (tertiary/aromatic N) is 1. The van der Waals surface area contributed by atoms with Gasteiger partial charge in [-0.2, -0.15) is 4.39 Å². The fourth-order valence-corrected chi connectivity index (χ4v) is 1.92. The Morgan fingerprint density at radius 3 is 2.17 bits per heavy atom. The van der Waals surface area contributed by atoms with Crippen molar-refractivity contribution < 1.29 is 18.1 Å². The van der Waals surface area contributed by atoms with Gasteiger partial charge in [-0.1, -0.05) is 0 Å². The normalized spacial score (nSPS) is 21.4. The maximum absolute atomic E-state index is 13.9. The van der Waals surface area contributed by atoms with Gasteiger partial charge in [-0.05, 0) is 43.6 Å². The summed E-state index contributed by atoms with van der Waals surface area (Å²) in [6.45, 7) is 7.43. The van der Waals surface area contributed by atoms with Crippen molar-refractivity contribution in [2.24, 2.45) is 0 Å². The summed E-state index contributed by atoms with van der Waals surface area (Å²) in [4.78, 5) is 3.47. The van der Waals surface area contributed by atoms with E-state index >= 15 is 0 Å². The number of hydrogen-bond donors (Lipinski definition) is 0. The van der Waals surface area contributed by atoms with Crippen molar-refractivity contribution in [2.45, 2.75) is 38.9 Å². The second-order valence-electron chi connectivity index (χ2n) is 5.22. The van der Waals surface area contributed by atoms with E-state index in [4.69, 9.17) is 9.31 Å². The van der Waals surface area contributed by atoms with Crippen LogP contribution in [-0.2, 0) is 9.31 Å². The van der Waals surface area contributed by atoms with Crippen LogP contribution in [0.1, 0.15) is 27.7 Å². The summed E-state index contributed by atoms with van der Waals surface area (Å²) in [6, 6.07) is 0. The minimum Gasteiger partial charge on any atom is -0.399 e. The van der Waals surface area contributed by atoms with E-state index in [1.807, 2.05) is 27.7 Å². The van der Waals surface area contributed by atoms with Crippen LogP contribution in [0.25, 0.3) is 0 Å². The summed E-state index contributed by atoms with van der Waals surface area (Å²) in [6.07, 6.45) is 1.09. The lowest BCUT2D eigenvalue weighted by Gasteiger charge is -2.32. The molecule has 1 aromatic heterocycles. The second kappa shape index (κ2) is 4.25. The van der Waals surface area contributed by atoms with Gasteiger partial charge < -0.3 is 9.31 Å². The van der Waals surface area contributed by atoms with Gasteiger partial charge in [-0.3, -0.25) is 0 Å². The molecule has 0 atom stereocenters. The molecule has 1 saturated heterocycles. The lowest BCUT2D eigenvalue weighted by molar-refractivity contribution is 0.00578. The maximum atomic E-state index is 13.9. The van der Waals surface area contributed by atoms with Gasteiger partial charge in [0.15, 0.2) is 0 Å². The maximum Gasteiger partial charge on any atom is 0.499 e. The number of halogens is 3. The van der Waals surface area contributed by atoms with Crippen molar-refractivity contribution >= 4 is 28.5 Å². The Morgan fingerprint density at radius 1 is 1.17 bits per heavy atom. The highest BCUT2D eigenvalue weighted by atomic mass is 79.9. The van der Waals surface area contributed by atoms with Crippen LogP contribution in [0.3, 0.4) is 0 Å². The summed E-state index contributed by atoms with van der Waals surface area (Å²) in [5.74, 6) is -1.64. The van der Waals surface area contributed by atoms with Crippen LogP contribution in [0, 0.1) is 11.8 Å². The predicted molar refractivity (Wildman–Crippen MR) is 67.6 cm³/mol. The van der Waals surface area contributed by atoms with E-state index in [0.717, 1.165) is 6.20 Å². The lowest BCUT2D eigenvalue weighted by Crippen LogP contribution is -2.41. The topological polar surface area (TPSA) is 31.4 Å². The molecule has 0 bridgehead atoms. The van der Waals surface area contributed by atoms with Gasteiger partial charge in [-0.25, -0.2) is 9.37 Å². The Kier molecular flexibility index (Phi) is 3.28. The molecule has 2 heterocycles. The molecule has 1 fully saturated rings. The van der Waals surface area contributed by atoms with Crippen molar-refractivity contribution in [3.05, 3.63) is 22.4 Å². The molecule has 0 unspecified atom stereocenters. The summed E-state index contributed by atoms with van der Waals surface area (Å²) in [5.41, 5.74) is -1.07. The first kappa shape index (κ1) is 13.9. The molecule has 1 aromatic rings. The van der Waals surface area contributed by atoms with Gasteiger partial charge in [-0.15, -0.1) is 0 Å². The van der Waals surface area contributed by atoms with Crippen LogP contribution in [0.15, 0.2) is 10.7 Å². The summed E-state index contributed by atoms with van der Waals surface area (Å²) < 4.78 is 38.1. The molecule has 0 radical (unpaired) electrons. The summed E-state index contributed by atoms with van der Waals surface area (Å²) in [5, 5.41) is 0. The zero-order valence-corrected chi connectivity index (χ0v) is 12.1. The minimum atomic E-state index is -0.896. The first-order valence-electron chi connectivity index (χ1n) is 5.51. The highest BCUT2D eigenvalue weighted by molar-refractivity contribution is 9.10. The molecule has 0 amide bonds. The zero-order chi connectivity index (χ0) is 13.7. The molecule has 0 spiro atoms. The molecule has 7 heteroatoms. The molecule has 3 nitrogen and oxygen atoms in total. The molecule has 0 saturated carbocycles. The molecular formula is C11H13BBrF2NO2. The number of rotatable bonds is 1. The van der Waals surface area contributed by atoms with Crippen molar-refractivity contribution in [3.63, 3.8) is 0 Å². The van der Waals surface area contributed by atoms with E-state index < -0.39 is 30.1 Å². The molecular weight excluding hydrogens is 307 g/mol. The molecule has 2 rings (SSSR count). The first-order chi connectivity index (χ1) is 8.16. The zero-order valence-electron chi connectivity index (χ0n) is 10.6. The highest BCUT2D eigenvalue weighted by Crippen LogP contribution is 2.36. The molecule has 0 N–H and O–H groups in total. The Bertz CT molecular complexity index is 480. The third kappa shape index (κ3) is 2.08. The summed E-state index contributed by atoms with van der Waals surface area (Å²) in [7, 11) is -0.889. The second-order valence-corrected chi connectivity index (χ2v) is 6.01. The number of pyridine rings is 1. The van der Waals surface area contributed by atoms with Crippen LogP contribution in [0.5, 0.6) is 0 Å². The van der Waals surface area contributed by atoms with E-state index in [-0.39, 0.29) is 9.94 Å². The Balaban J connectivity index is 2.39. The quantitative estimate of drug-likeness (QED) is 0.588. The lowest BCUT2D eigenvalue weighted by atomic mass is 9.80.